The molecule has 114 valence electrons. The zero-order valence-corrected chi connectivity index (χ0v) is 12.6. The molecule has 1 amide bonds. The largest absolute Gasteiger partial charge is 0.449 e. The number of unbranched alkanes of at least 4 members (excludes halogenated alkanes) is 7. The molecule has 0 radical (unpaired) electrons. The minimum Gasteiger partial charge on any atom is -0.449 e. The van der Waals surface area contributed by atoms with Gasteiger partial charge < -0.3 is 4.74 Å². The van der Waals surface area contributed by atoms with Gasteiger partial charge in [-0.25, -0.2) is 4.79 Å². The molecule has 3 heteroatoms. The third kappa shape index (κ3) is 9.56. The average Bonchev–Trinajstić information content (AvgIpc) is 2.50. The van der Waals surface area contributed by atoms with E-state index in [1.165, 1.54) is 25.7 Å². The summed E-state index contributed by atoms with van der Waals surface area (Å²) in [7, 11) is 0. The molecule has 0 aromatic heterocycles. The Morgan fingerprint density at radius 2 is 1.62 bits per heavy atom. The fourth-order valence-corrected chi connectivity index (χ4v) is 2.05. The molecule has 3 nitrogen and oxygen atoms in total. The lowest BCUT2D eigenvalue weighted by Gasteiger charge is -2.06. The van der Waals surface area contributed by atoms with Gasteiger partial charge in [-0.2, -0.15) is 0 Å². The highest BCUT2D eigenvalue weighted by Gasteiger charge is 2.01. The highest BCUT2D eigenvalue weighted by atomic mass is 16.5. The lowest BCUT2D eigenvalue weighted by molar-refractivity contribution is 0.159. The predicted octanol–water partition coefficient (Wildman–Crippen LogP) is 4.99. The first-order valence-corrected chi connectivity index (χ1v) is 7.75. The minimum atomic E-state index is -0.379. The Labute approximate surface area is 128 Å². The fourth-order valence-electron chi connectivity index (χ4n) is 2.05. The molecule has 0 atom stereocenters. The highest BCUT2D eigenvalue weighted by molar-refractivity contribution is 5.84. The zero-order chi connectivity index (χ0) is 15.2. The van der Waals surface area contributed by atoms with Crippen molar-refractivity contribution in [3.8, 4) is 12.3 Å². The van der Waals surface area contributed by atoms with Gasteiger partial charge in [-0.15, -0.1) is 12.3 Å². The second-order valence-electron chi connectivity index (χ2n) is 5.06. The molecule has 21 heavy (non-hydrogen) atoms. The molecule has 1 N–H and O–H groups in total. The van der Waals surface area contributed by atoms with Crippen molar-refractivity contribution in [3.63, 3.8) is 0 Å². The Kier molecular flexibility index (Phi) is 9.64. The summed E-state index contributed by atoms with van der Waals surface area (Å²) >= 11 is 0. The number of terminal acetylenes is 1. The number of hydrogen-bond acceptors (Lipinski definition) is 2. The number of nitrogens with one attached hydrogen (secondary N) is 1. The van der Waals surface area contributed by atoms with Gasteiger partial charge >= 0.3 is 6.09 Å². The third-order valence-electron chi connectivity index (χ3n) is 3.22. The van der Waals surface area contributed by atoms with Crippen molar-refractivity contribution in [3.05, 3.63) is 30.3 Å². The Hall–Kier alpha value is -1.95. The topological polar surface area (TPSA) is 38.3 Å². The van der Waals surface area contributed by atoms with Crippen molar-refractivity contribution < 1.29 is 9.53 Å². The molecule has 0 heterocycles. The first kappa shape index (κ1) is 17.1. The van der Waals surface area contributed by atoms with E-state index < -0.39 is 0 Å². The SMILES string of the molecule is C#CCCCCCCCCCOC(=O)Nc1ccccc1. The summed E-state index contributed by atoms with van der Waals surface area (Å²) in [6.07, 6.45) is 13.8. The summed E-state index contributed by atoms with van der Waals surface area (Å²) < 4.78 is 5.13. The van der Waals surface area contributed by atoms with Crippen LogP contribution in [-0.2, 0) is 4.74 Å². The number of carbonyl (C=O) groups excluding carboxylic acids is 1. The molecule has 0 spiro atoms. The van der Waals surface area contributed by atoms with E-state index in [-0.39, 0.29) is 6.09 Å². The summed E-state index contributed by atoms with van der Waals surface area (Å²) in [6, 6.07) is 9.32. The van der Waals surface area contributed by atoms with E-state index in [1.54, 1.807) is 0 Å². The third-order valence-corrected chi connectivity index (χ3v) is 3.22. The van der Waals surface area contributed by atoms with Crippen molar-refractivity contribution in [2.75, 3.05) is 11.9 Å². The Bertz CT molecular complexity index is 423. The first-order valence-electron chi connectivity index (χ1n) is 7.75. The van der Waals surface area contributed by atoms with Crippen molar-refractivity contribution >= 4 is 11.8 Å². The lowest BCUT2D eigenvalue weighted by Crippen LogP contribution is -2.14. The summed E-state index contributed by atoms with van der Waals surface area (Å²) in [6.45, 7) is 0.482. The number of anilines is 1. The highest BCUT2D eigenvalue weighted by Crippen LogP contribution is 2.09. The van der Waals surface area contributed by atoms with E-state index in [0.29, 0.717) is 6.61 Å². The summed E-state index contributed by atoms with van der Waals surface area (Å²) in [5.41, 5.74) is 0.759. The standard InChI is InChI=1S/C18H25NO2/c1-2-3-4-5-6-7-8-9-13-16-21-18(20)19-17-14-11-10-12-15-17/h1,10-12,14-15H,3-9,13,16H2,(H,19,20). The average molecular weight is 287 g/mol. The molecule has 0 aliphatic carbocycles. The summed E-state index contributed by atoms with van der Waals surface area (Å²) in [5, 5.41) is 2.70. The van der Waals surface area contributed by atoms with Crippen LogP contribution in [0.15, 0.2) is 30.3 Å². The van der Waals surface area contributed by atoms with Crippen LogP contribution < -0.4 is 5.32 Å². The maximum absolute atomic E-state index is 11.5. The van der Waals surface area contributed by atoms with E-state index in [1.807, 2.05) is 30.3 Å². The molecule has 1 aromatic carbocycles. The van der Waals surface area contributed by atoms with Crippen molar-refractivity contribution in [1.82, 2.24) is 0 Å². The Balaban J connectivity index is 1.90. The quantitative estimate of drug-likeness (QED) is 0.486. The molecule has 0 fully saturated rings. The molecule has 0 saturated carbocycles. The van der Waals surface area contributed by atoms with Crippen LogP contribution in [0.4, 0.5) is 10.5 Å². The van der Waals surface area contributed by atoms with Gasteiger partial charge in [-0.1, -0.05) is 50.3 Å². The van der Waals surface area contributed by atoms with Crippen LogP contribution in [0.3, 0.4) is 0 Å². The van der Waals surface area contributed by atoms with Gasteiger partial charge in [0.25, 0.3) is 0 Å². The monoisotopic (exact) mass is 287 g/mol. The number of carbonyl (C=O) groups is 1. The van der Waals surface area contributed by atoms with Gasteiger partial charge in [-0.3, -0.25) is 5.32 Å². The number of hydrogen-bond donors (Lipinski definition) is 1. The number of amides is 1. The van der Waals surface area contributed by atoms with Crippen molar-refractivity contribution in [2.45, 2.75) is 51.4 Å². The van der Waals surface area contributed by atoms with Crippen molar-refractivity contribution in [1.29, 1.82) is 0 Å². The maximum atomic E-state index is 11.5. The molecule has 0 bridgehead atoms. The molecule has 1 aromatic rings. The smallest absolute Gasteiger partial charge is 0.411 e. The first-order chi connectivity index (χ1) is 10.3. The number of rotatable bonds is 10. The van der Waals surface area contributed by atoms with E-state index in [2.05, 4.69) is 11.2 Å². The van der Waals surface area contributed by atoms with E-state index in [4.69, 9.17) is 11.2 Å². The van der Waals surface area contributed by atoms with Crippen LogP contribution >= 0.6 is 0 Å². The summed E-state index contributed by atoms with van der Waals surface area (Å²) in [5.74, 6) is 2.66. The van der Waals surface area contributed by atoms with Crippen molar-refractivity contribution in [2.24, 2.45) is 0 Å². The van der Waals surface area contributed by atoms with Gasteiger partial charge in [0.1, 0.15) is 0 Å². The molecule has 0 aliphatic rings. The molecule has 1 rings (SSSR count). The van der Waals surface area contributed by atoms with Crippen LogP contribution in [0.1, 0.15) is 51.4 Å². The van der Waals surface area contributed by atoms with E-state index in [9.17, 15) is 4.79 Å². The van der Waals surface area contributed by atoms with E-state index in [0.717, 1.165) is 31.4 Å². The molecule has 0 saturated heterocycles. The van der Waals surface area contributed by atoms with Crippen LogP contribution in [0, 0.1) is 12.3 Å². The summed E-state index contributed by atoms with van der Waals surface area (Å²) in [4.78, 5) is 11.5. The minimum absolute atomic E-state index is 0.379. The molecule has 0 aliphatic heterocycles. The van der Waals surface area contributed by atoms with Crippen LogP contribution in [0.25, 0.3) is 0 Å². The number of para-hydroxylation sites is 1. The number of benzene rings is 1. The molecular weight excluding hydrogens is 262 g/mol. The normalized spacial score (nSPS) is 9.86. The zero-order valence-electron chi connectivity index (χ0n) is 12.6. The van der Waals surface area contributed by atoms with Gasteiger partial charge in [0.15, 0.2) is 0 Å². The number of ether oxygens (including phenoxy) is 1. The second kappa shape index (κ2) is 11.8. The van der Waals surface area contributed by atoms with Gasteiger partial charge in [-0.05, 0) is 25.0 Å². The maximum Gasteiger partial charge on any atom is 0.411 e. The second-order valence-corrected chi connectivity index (χ2v) is 5.06. The van der Waals surface area contributed by atoms with Crippen LogP contribution in [0.5, 0.6) is 0 Å². The van der Waals surface area contributed by atoms with E-state index >= 15 is 0 Å². The van der Waals surface area contributed by atoms with Crippen LogP contribution in [0.2, 0.25) is 0 Å². The Morgan fingerprint density at radius 3 is 2.29 bits per heavy atom. The fraction of sp³-hybridized carbons (Fsp3) is 0.500. The predicted molar refractivity (Wildman–Crippen MR) is 87.2 cm³/mol. The van der Waals surface area contributed by atoms with Gasteiger partial charge in [0.2, 0.25) is 0 Å². The molecule has 0 unspecified atom stereocenters. The lowest BCUT2D eigenvalue weighted by atomic mass is 10.1. The van der Waals surface area contributed by atoms with Gasteiger partial charge in [0.05, 0.1) is 6.61 Å². The Morgan fingerprint density at radius 1 is 1.00 bits per heavy atom. The molecular formula is C18H25NO2. The van der Waals surface area contributed by atoms with Gasteiger partial charge in [0, 0.05) is 12.1 Å². The van der Waals surface area contributed by atoms with Crippen LogP contribution in [-0.4, -0.2) is 12.7 Å².